The Labute approximate surface area is 165 Å². The van der Waals surface area contributed by atoms with Gasteiger partial charge in [-0.25, -0.2) is 8.42 Å². The molecule has 0 radical (unpaired) electrons. The van der Waals surface area contributed by atoms with Crippen LogP contribution in [-0.2, 0) is 14.8 Å². The molecule has 0 saturated carbocycles. The standard InChI is InChI=1S/C20H24N2O5S/c1-14-6-8-22(9-7-14)28(25,26)20-17(21-10-12-27-13-11-21)18(23)15-4-2-3-5-16(15)19(20)24/h2-5,14H,6-13H2,1H3. The zero-order valence-electron chi connectivity index (χ0n) is 15.9. The highest BCUT2D eigenvalue weighted by Gasteiger charge is 2.44. The van der Waals surface area contributed by atoms with Gasteiger partial charge in [-0.1, -0.05) is 31.2 Å². The van der Waals surface area contributed by atoms with Gasteiger partial charge in [-0.05, 0) is 18.8 Å². The number of ketones is 2. The Morgan fingerprint density at radius 1 is 0.929 bits per heavy atom. The zero-order valence-corrected chi connectivity index (χ0v) is 16.7. The highest BCUT2D eigenvalue weighted by atomic mass is 32.2. The second-order valence-corrected chi connectivity index (χ2v) is 9.44. The van der Waals surface area contributed by atoms with E-state index < -0.39 is 21.6 Å². The molecule has 0 aromatic heterocycles. The van der Waals surface area contributed by atoms with Gasteiger partial charge in [0.05, 0.1) is 13.2 Å². The molecule has 0 bridgehead atoms. The molecular weight excluding hydrogens is 380 g/mol. The van der Waals surface area contributed by atoms with Gasteiger partial charge < -0.3 is 9.64 Å². The number of ether oxygens (including phenoxy) is 1. The van der Waals surface area contributed by atoms with E-state index in [0.29, 0.717) is 45.3 Å². The van der Waals surface area contributed by atoms with E-state index in [1.807, 2.05) is 0 Å². The molecule has 1 aromatic rings. The maximum Gasteiger partial charge on any atom is 0.249 e. The molecule has 0 unspecified atom stereocenters. The molecule has 0 N–H and O–H groups in total. The van der Waals surface area contributed by atoms with Crippen molar-refractivity contribution in [2.75, 3.05) is 39.4 Å². The van der Waals surface area contributed by atoms with E-state index in [2.05, 4.69) is 6.92 Å². The molecule has 2 aliphatic heterocycles. The molecule has 0 amide bonds. The van der Waals surface area contributed by atoms with Crippen LogP contribution in [0.5, 0.6) is 0 Å². The molecule has 8 heteroatoms. The van der Waals surface area contributed by atoms with Crippen LogP contribution in [0.25, 0.3) is 0 Å². The number of carbonyl (C=O) groups excluding carboxylic acids is 2. The van der Waals surface area contributed by atoms with E-state index in [-0.39, 0.29) is 21.7 Å². The number of hydrogen-bond acceptors (Lipinski definition) is 6. The third-order valence-electron chi connectivity index (χ3n) is 5.72. The lowest BCUT2D eigenvalue weighted by molar-refractivity contribution is 0.0498. The first kappa shape index (κ1) is 19.3. The van der Waals surface area contributed by atoms with Gasteiger partial charge in [-0.2, -0.15) is 4.31 Å². The monoisotopic (exact) mass is 404 g/mol. The third-order valence-corrected chi connectivity index (χ3v) is 7.66. The van der Waals surface area contributed by atoms with Crippen molar-refractivity contribution in [1.29, 1.82) is 0 Å². The number of rotatable bonds is 3. The summed E-state index contributed by atoms with van der Waals surface area (Å²) in [6.45, 7) is 4.37. The van der Waals surface area contributed by atoms with Crippen molar-refractivity contribution in [2.45, 2.75) is 19.8 Å². The molecule has 1 aliphatic carbocycles. The summed E-state index contributed by atoms with van der Waals surface area (Å²) in [5.41, 5.74) is 0.430. The Hall–Kier alpha value is -2.03. The SMILES string of the molecule is CC1CCN(S(=O)(=O)C2=C(N3CCOCC3)C(=O)c3ccccc3C2=O)CC1. The number of nitrogens with zero attached hydrogens (tertiary/aromatic N) is 2. The lowest BCUT2D eigenvalue weighted by atomic mass is 9.91. The zero-order chi connectivity index (χ0) is 19.9. The maximum atomic E-state index is 13.5. The van der Waals surface area contributed by atoms with Crippen molar-refractivity contribution in [3.63, 3.8) is 0 Å². The average Bonchev–Trinajstić information content (AvgIpc) is 2.71. The fourth-order valence-corrected chi connectivity index (χ4v) is 5.77. The molecule has 150 valence electrons. The fourth-order valence-electron chi connectivity index (χ4n) is 4.01. The topological polar surface area (TPSA) is 84.0 Å². The van der Waals surface area contributed by atoms with Gasteiger partial charge in [0, 0.05) is 37.3 Å². The third kappa shape index (κ3) is 3.19. The largest absolute Gasteiger partial charge is 0.378 e. The highest BCUT2D eigenvalue weighted by molar-refractivity contribution is 7.94. The summed E-state index contributed by atoms with van der Waals surface area (Å²) in [5, 5.41) is 0. The van der Waals surface area contributed by atoms with Crippen molar-refractivity contribution >= 4 is 21.6 Å². The number of sulfonamides is 1. The van der Waals surface area contributed by atoms with Crippen molar-refractivity contribution in [3.8, 4) is 0 Å². The van der Waals surface area contributed by atoms with Crippen LogP contribution in [-0.4, -0.2) is 68.6 Å². The van der Waals surface area contributed by atoms with Gasteiger partial charge in [0.2, 0.25) is 21.6 Å². The molecule has 1 aromatic carbocycles. The molecule has 2 saturated heterocycles. The number of benzene rings is 1. The van der Waals surface area contributed by atoms with Crippen LogP contribution in [0.1, 0.15) is 40.5 Å². The van der Waals surface area contributed by atoms with Crippen LogP contribution in [0.4, 0.5) is 0 Å². The summed E-state index contributed by atoms with van der Waals surface area (Å²) in [5.74, 6) is -0.542. The lowest BCUT2D eigenvalue weighted by Gasteiger charge is -2.36. The Bertz CT molecular complexity index is 939. The Morgan fingerprint density at radius 3 is 2.11 bits per heavy atom. The van der Waals surface area contributed by atoms with E-state index in [9.17, 15) is 18.0 Å². The number of fused-ring (bicyclic) bond motifs is 1. The van der Waals surface area contributed by atoms with Crippen LogP contribution < -0.4 is 0 Å². The van der Waals surface area contributed by atoms with Gasteiger partial charge in [0.25, 0.3) is 0 Å². The van der Waals surface area contributed by atoms with Gasteiger partial charge >= 0.3 is 0 Å². The second kappa shape index (κ2) is 7.42. The minimum atomic E-state index is -4.07. The van der Waals surface area contributed by atoms with Crippen molar-refractivity contribution in [1.82, 2.24) is 9.21 Å². The Balaban J connectivity index is 1.85. The predicted molar refractivity (Wildman–Crippen MR) is 103 cm³/mol. The Morgan fingerprint density at radius 2 is 1.50 bits per heavy atom. The molecule has 2 heterocycles. The number of morpholine rings is 1. The van der Waals surface area contributed by atoms with Crippen molar-refractivity contribution in [2.24, 2.45) is 5.92 Å². The molecule has 28 heavy (non-hydrogen) atoms. The first-order chi connectivity index (χ1) is 13.4. The van der Waals surface area contributed by atoms with E-state index in [4.69, 9.17) is 4.74 Å². The van der Waals surface area contributed by atoms with E-state index >= 15 is 0 Å². The number of carbonyl (C=O) groups is 2. The molecule has 7 nitrogen and oxygen atoms in total. The van der Waals surface area contributed by atoms with E-state index in [0.717, 1.165) is 12.8 Å². The minimum Gasteiger partial charge on any atom is -0.378 e. The van der Waals surface area contributed by atoms with Gasteiger partial charge in [0.15, 0.2) is 4.91 Å². The molecule has 4 rings (SSSR count). The van der Waals surface area contributed by atoms with Crippen LogP contribution in [0.2, 0.25) is 0 Å². The summed E-state index contributed by atoms with van der Waals surface area (Å²) in [6, 6.07) is 6.45. The highest BCUT2D eigenvalue weighted by Crippen LogP contribution is 2.34. The van der Waals surface area contributed by atoms with Crippen LogP contribution in [0, 0.1) is 5.92 Å². The van der Waals surface area contributed by atoms with Gasteiger partial charge in [-0.15, -0.1) is 0 Å². The maximum absolute atomic E-state index is 13.5. The number of hydrogen-bond donors (Lipinski definition) is 0. The van der Waals surface area contributed by atoms with Crippen LogP contribution in [0.15, 0.2) is 34.9 Å². The molecule has 0 spiro atoms. The van der Waals surface area contributed by atoms with Gasteiger partial charge in [-0.3, -0.25) is 9.59 Å². The summed E-state index contributed by atoms with van der Waals surface area (Å²) < 4.78 is 33.7. The molecular formula is C20H24N2O5S. The van der Waals surface area contributed by atoms with E-state index in [1.54, 1.807) is 23.1 Å². The molecule has 0 atom stereocenters. The predicted octanol–water partition coefficient (Wildman–Crippen LogP) is 1.67. The average molecular weight is 404 g/mol. The summed E-state index contributed by atoms with van der Waals surface area (Å²) in [6.07, 6.45) is 1.50. The summed E-state index contributed by atoms with van der Waals surface area (Å²) >= 11 is 0. The number of Topliss-reactive ketones (excluding diaryl/α,β-unsaturated/α-hetero) is 2. The number of allylic oxidation sites excluding steroid dienone is 2. The smallest absolute Gasteiger partial charge is 0.249 e. The van der Waals surface area contributed by atoms with Crippen molar-refractivity contribution in [3.05, 3.63) is 46.0 Å². The summed E-state index contributed by atoms with van der Waals surface area (Å²) in [4.78, 5) is 27.9. The first-order valence-corrected chi connectivity index (χ1v) is 11.1. The lowest BCUT2D eigenvalue weighted by Crippen LogP contribution is -2.46. The van der Waals surface area contributed by atoms with Crippen LogP contribution >= 0.6 is 0 Å². The fraction of sp³-hybridized carbons (Fsp3) is 0.500. The molecule has 3 aliphatic rings. The second-order valence-electron chi connectivity index (χ2n) is 7.57. The molecule has 2 fully saturated rings. The number of piperidine rings is 1. The quantitative estimate of drug-likeness (QED) is 0.762. The van der Waals surface area contributed by atoms with E-state index in [1.165, 1.54) is 10.4 Å². The van der Waals surface area contributed by atoms with Gasteiger partial charge in [0.1, 0.15) is 5.70 Å². The minimum absolute atomic E-state index is 0.00521. The van der Waals surface area contributed by atoms with Crippen molar-refractivity contribution < 1.29 is 22.7 Å². The summed E-state index contributed by atoms with van der Waals surface area (Å²) in [7, 11) is -4.07. The normalized spacial score (nSPS) is 22.5. The first-order valence-electron chi connectivity index (χ1n) is 9.67. The van der Waals surface area contributed by atoms with Crippen LogP contribution in [0.3, 0.4) is 0 Å². The Kier molecular flexibility index (Phi) is 5.11.